The van der Waals surface area contributed by atoms with Gasteiger partial charge in [-0.1, -0.05) is 25.0 Å². The molecule has 0 unspecified atom stereocenters. The first-order valence-corrected chi connectivity index (χ1v) is 11.3. The van der Waals surface area contributed by atoms with Gasteiger partial charge in [0, 0.05) is 26.2 Å². The molecule has 2 aliphatic rings. The number of hydrogen-bond donors (Lipinski definition) is 0. The summed E-state index contributed by atoms with van der Waals surface area (Å²) in [5, 5.41) is 4.38. The number of hydrogen-bond acceptors (Lipinski definition) is 4. The molecule has 6 heteroatoms. The Bertz CT molecular complexity index is 836. The van der Waals surface area contributed by atoms with E-state index in [0.717, 1.165) is 42.0 Å². The first-order chi connectivity index (χ1) is 14.6. The number of nitrogens with zero attached hydrogens (tertiary/aromatic N) is 3. The number of carbonyl (C=O) groups is 1. The number of aromatic nitrogens is 2. The van der Waals surface area contributed by atoms with Crippen molar-refractivity contribution in [2.24, 2.45) is 13.0 Å². The highest BCUT2D eigenvalue weighted by molar-refractivity contribution is 5.69. The zero-order valence-corrected chi connectivity index (χ0v) is 18.2. The Kier molecular flexibility index (Phi) is 6.60. The molecule has 30 heavy (non-hydrogen) atoms. The molecular weight excluding hydrogens is 378 g/mol. The first-order valence-electron chi connectivity index (χ1n) is 11.3. The molecule has 0 bridgehead atoms. The SMILES string of the molecule is CN(CC1CCC1)C(=O)OCc1c(-c2ccc(OC3CCCCC3)cc2)cnn1C. The summed E-state index contributed by atoms with van der Waals surface area (Å²) < 4.78 is 13.5. The van der Waals surface area contributed by atoms with Crippen LogP contribution in [0.15, 0.2) is 30.5 Å². The van der Waals surface area contributed by atoms with Crippen LogP contribution in [-0.2, 0) is 18.4 Å². The minimum absolute atomic E-state index is 0.208. The summed E-state index contributed by atoms with van der Waals surface area (Å²) >= 11 is 0. The van der Waals surface area contributed by atoms with Gasteiger partial charge in [-0.15, -0.1) is 0 Å². The van der Waals surface area contributed by atoms with E-state index in [1.807, 2.05) is 32.4 Å². The highest BCUT2D eigenvalue weighted by atomic mass is 16.6. The van der Waals surface area contributed by atoms with Gasteiger partial charge in [0.05, 0.1) is 18.0 Å². The van der Waals surface area contributed by atoms with Crippen LogP contribution >= 0.6 is 0 Å². The Morgan fingerprint density at radius 1 is 1.10 bits per heavy atom. The average Bonchev–Trinajstić information content (AvgIpc) is 3.10. The van der Waals surface area contributed by atoms with Crippen LogP contribution in [0.3, 0.4) is 0 Å². The number of ether oxygens (including phenoxy) is 2. The maximum atomic E-state index is 12.4. The van der Waals surface area contributed by atoms with Crippen LogP contribution in [0.2, 0.25) is 0 Å². The van der Waals surface area contributed by atoms with E-state index in [2.05, 4.69) is 17.2 Å². The fourth-order valence-corrected chi connectivity index (χ4v) is 4.34. The van der Waals surface area contributed by atoms with E-state index in [4.69, 9.17) is 9.47 Å². The van der Waals surface area contributed by atoms with Crippen molar-refractivity contribution < 1.29 is 14.3 Å². The molecule has 2 fully saturated rings. The number of rotatable bonds is 7. The highest BCUT2D eigenvalue weighted by Gasteiger charge is 2.23. The van der Waals surface area contributed by atoms with Crippen LogP contribution in [0.5, 0.6) is 5.75 Å². The molecule has 0 saturated heterocycles. The van der Waals surface area contributed by atoms with Crippen molar-refractivity contribution in [3.63, 3.8) is 0 Å². The lowest BCUT2D eigenvalue weighted by atomic mass is 9.85. The summed E-state index contributed by atoms with van der Waals surface area (Å²) in [5.41, 5.74) is 2.92. The molecule has 4 rings (SSSR count). The fourth-order valence-electron chi connectivity index (χ4n) is 4.34. The molecule has 1 aromatic heterocycles. The summed E-state index contributed by atoms with van der Waals surface area (Å²) in [6, 6.07) is 8.17. The van der Waals surface area contributed by atoms with Crippen molar-refractivity contribution in [1.29, 1.82) is 0 Å². The minimum atomic E-state index is -0.273. The predicted molar refractivity (Wildman–Crippen MR) is 116 cm³/mol. The van der Waals surface area contributed by atoms with Gasteiger partial charge < -0.3 is 14.4 Å². The Morgan fingerprint density at radius 2 is 1.83 bits per heavy atom. The zero-order valence-electron chi connectivity index (χ0n) is 18.2. The molecule has 1 heterocycles. The molecule has 1 aromatic carbocycles. The smallest absolute Gasteiger partial charge is 0.409 e. The Hall–Kier alpha value is -2.50. The van der Waals surface area contributed by atoms with Gasteiger partial charge in [0.1, 0.15) is 12.4 Å². The van der Waals surface area contributed by atoms with Gasteiger partial charge in [-0.3, -0.25) is 4.68 Å². The van der Waals surface area contributed by atoms with E-state index < -0.39 is 0 Å². The third-order valence-electron chi connectivity index (χ3n) is 6.48. The topological polar surface area (TPSA) is 56.6 Å². The summed E-state index contributed by atoms with van der Waals surface area (Å²) in [7, 11) is 3.70. The number of benzene rings is 1. The number of aryl methyl sites for hydroxylation is 1. The van der Waals surface area contributed by atoms with Gasteiger partial charge >= 0.3 is 6.09 Å². The largest absolute Gasteiger partial charge is 0.490 e. The molecule has 2 aromatic rings. The van der Waals surface area contributed by atoms with Gasteiger partial charge in [0.2, 0.25) is 0 Å². The second kappa shape index (κ2) is 9.54. The third kappa shape index (κ3) is 4.97. The van der Waals surface area contributed by atoms with Crippen molar-refractivity contribution in [3.8, 4) is 16.9 Å². The lowest BCUT2D eigenvalue weighted by Crippen LogP contribution is -2.34. The second-order valence-corrected chi connectivity index (χ2v) is 8.76. The molecule has 1 amide bonds. The van der Waals surface area contributed by atoms with Crippen molar-refractivity contribution in [2.75, 3.05) is 13.6 Å². The first kappa shape index (κ1) is 20.8. The van der Waals surface area contributed by atoms with E-state index in [0.29, 0.717) is 12.0 Å². The third-order valence-corrected chi connectivity index (χ3v) is 6.48. The second-order valence-electron chi connectivity index (χ2n) is 8.76. The van der Waals surface area contributed by atoms with Crippen LogP contribution in [0, 0.1) is 5.92 Å². The van der Waals surface area contributed by atoms with Gasteiger partial charge in [-0.2, -0.15) is 5.10 Å². The quantitative estimate of drug-likeness (QED) is 0.631. The zero-order chi connectivity index (χ0) is 20.9. The van der Waals surface area contributed by atoms with Gasteiger partial charge in [0.25, 0.3) is 0 Å². The maximum absolute atomic E-state index is 12.4. The van der Waals surface area contributed by atoms with E-state index in [1.54, 1.807) is 9.58 Å². The standard InChI is InChI=1S/C24H33N3O3/c1-26(16-18-7-6-8-18)24(28)29-17-23-22(15-25-27(23)2)19-11-13-21(14-12-19)30-20-9-4-3-5-10-20/h11-15,18,20H,3-10,16-17H2,1-2H3. The number of carbonyl (C=O) groups excluding carboxylic acids is 1. The maximum Gasteiger partial charge on any atom is 0.409 e. The fraction of sp³-hybridized carbons (Fsp3) is 0.583. The highest BCUT2D eigenvalue weighted by Crippen LogP contribution is 2.29. The van der Waals surface area contributed by atoms with Crippen LogP contribution in [0.1, 0.15) is 57.1 Å². The summed E-state index contributed by atoms with van der Waals surface area (Å²) in [6.07, 6.45) is 11.7. The van der Waals surface area contributed by atoms with Crippen molar-refractivity contribution in [2.45, 2.75) is 64.1 Å². The molecule has 162 valence electrons. The monoisotopic (exact) mass is 411 g/mol. The molecule has 0 aliphatic heterocycles. The minimum Gasteiger partial charge on any atom is -0.490 e. The molecule has 2 aliphatic carbocycles. The average molecular weight is 412 g/mol. The molecule has 0 N–H and O–H groups in total. The molecule has 0 radical (unpaired) electrons. The molecule has 2 saturated carbocycles. The Morgan fingerprint density at radius 3 is 2.50 bits per heavy atom. The van der Waals surface area contributed by atoms with E-state index >= 15 is 0 Å². The Labute approximate surface area is 179 Å². The van der Waals surface area contributed by atoms with Crippen molar-refractivity contribution in [1.82, 2.24) is 14.7 Å². The van der Waals surface area contributed by atoms with E-state index in [-0.39, 0.29) is 12.7 Å². The normalized spacial score (nSPS) is 17.4. The van der Waals surface area contributed by atoms with Gasteiger partial charge in [-0.25, -0.2) is 4.79 Å². The lowest BCUT2D eigenvalue weighted by Gasteiger charge is -2.29. The van der Waals surface area contributed by atoms with Crippen LogP contribution < -0.4 is 4.74 Å². The van der Waals surface area contributed by atoms with Crippen LogP contribution in [-0.4, -0.2) is 40.5 Å². The summed E-state index contributed by atoms with van der Waals surface area (Å²) in [5.74, 6) is 1.55. The van der Waals surface area contributed by atoms with Gasteiger partial charge in [0.15, 0.2) is 0 Å². The van der Waals surface area contributed by atoms with Crippen LogP contribution in [0.25, 0.3) is 11.1 Å². The number of amides is 1. The van der Waals surface area contributed by atoms with E-state index in [1.165, 1.54) is 38.5 Å². The molecule has 6 nitrogen and oxygen atoms in total. The van der Waals surface area contributed by atoms with E-state index in [9.17, 15) is 4.79 Å². The van der Waals surface area contributed by atoms with Crippen LogP contribution in [0.4, 0.5) is 4.79 Å². The Balaban J connectivity index is 1.37. The summed E-state index contributed by atoms with van der Waals surface area (Å²) in [6.45, 7) is 0.986. The molecule has 0 spiro atoms. The summed E-state index contributed by atoms with van der Waals surface area (Å²) in [4.78, 5) is 14.1. The van der Waals surface area contributed by atoms with Crippen molar-refractivity contribution in [3.05, 3.63) is 36.2 Å². The molecule has 0 atom stereocenters. The predicted octanol–water partition coefficient (Wildman–Crippen LogP) is 5.17. The van der Waals surface area contributed by atoms with Gasteiger partial charge in [-0.05, 0) is 62.1 Å². The molecular formula is C24H33N3O3. The van der Waals surface area contributed by atoms with Crippen molar-refractivity contribution >= 4 is 6.09 Å². The lowest BCUT2D eigenvalue weighted by molar-refractivity contribution is 0.0913.